The van der Waals surface area contributed by atoms with E-state index < -0.39 is 0 Å². The Bertz CT molecular complexity index is 746. The highest BCUT2D eigenvalue weighted by Gasteiger charge is 2.10. The second kappa shape index (κ2) is 7.41. The molecule has 0 saturated heterocycles. The summed E-state index contributed by atoms with van der Waals surface area (Å²) in [5.41, 5.74) is 2.34. The maximum Gasteiger partial charge on any atom is 0.214 e. The number of unbranched alkanes of at least 4 members (excludes halogenated alkanes) is 1. The predicted octanol–water partition coefficient (Wildman–Crippen LogP) is 3.03. The molecule has 6 nitrogen and oxygen atoms in total. The van der Waals surface area contributed by atoms with Gasteiger partial charge in [0.05, 0.1) is 11.4 Å². The number of rotatable bonds is 7. The molecular weight excluding hydrogens is 308 g/mol. The summed E-state index contributed by atoms with van der Waals surface area (Å²) in [5.74, 6) is 1.73. The van der Waals surface area contributed by atoms with Crippen LogP contribution in [0.3, 0.4) is 0 Å². The van der Waals surface area contributed by atoms with E-state index in [1.54, 1.807) is 22.6 Å². The van der Waals surface area contributed by atoms with E-state index in [-0.39, 0.29) is 0 Å². The highest BCUT2D eigenvalue weighted by molar-refractivity contribution is 7.98. The van der Waals surface area contributed by atoms with Crippen LogP contribution in [0, 0.1) is 0 Å². The van der Waals surface area contributed by atoms with E-state index in [0.29, 0.717) is 0 Å². The smallest absolute Gasteiger partial charge is 0.214 e. The molecule has 3 aromatic rings. The minimum Gasteiger partial charge on any atom is -0.337 e. The van der Waals surface area contributed by atoms with Gasteiger partial charge in [0.25, 0.3) is 0 Å². The maximum absolute atomic E-state index is 4.32. The van der Waals surface area contributed by atoms with Crippen molar-refractivity contribution in [2.75, 3.05) is 0 Å². The molecule has 2 heterocycles. The van der Waals surface area contributed by atoms with Crippen molar-refractivity contribution in [1.82, 2.24) is 29.8 Å². The largest absolute Gasteiger partial charge is 0.337 e. The van der Waals surface area contributed by atoms with Gasteiger partial charge in [-0.25, -0.2) is 4.98 Å². The molecule has 0 unspecified atom stereocenters. The van der Waals surface area contributed by atoms with E-state index in [1.165, 1.54) is 18.4 Å². The molecule has 23 heavy (non-hydrogen) atoms. The summed E-state index contributed by atoms with van der Waals surface area (Å²) in [4.78, 5) is 4.32. The van der Waals surface area contributed by atoms with Gasteiger partial charge in [0, 0.05) is 19.4 Å². The zero-order valence-corrected chi connectivity index (χ0v) is 14.2. The first-order chi connectivity index (χ1) is 11.3. The Morgan fingerprint density at radius 1 is 1.17 bits per heavy atom. The molecule has 0 N–H and O–H groups in total. The first-order valence-corrected chi connectivity index (χ1v) is 8.73. The van der Waals surface area contributed by atoms with Crippen LogP contribution in [0.25, 0.3) is 5.69 Å². The van der Waals surface area contributed by atoms with Gasteiger partial charge in [-0.05, 0) is 41.0 Å². The van der Waals surface area contributed by atoms with E-state index in [2.05, 4.69) is 51.7 Å². The Kier molecular flexibility index (Phi) is 5.07. The molecule has 7 heteroatoms. The third-order valence-corrected chi connectivity index (χ3v) is 4.61. The number of hydrogen-bond donors (Lipinski definition) is 0. The fraction of sp³-hybridized carbons (Fsp3) is 0.375. The van der Waals surface area contributed by atoms with Crippen LogP contribution in [0.2, 0.25) is 0 Å². The average Bonchev–Trinajstić information content (AvgIpc) is 3.20. The fourth-order valence-corrected chi connectivity index (χ4v) is 3.18. The van der Waals surface area contributed by atoms with Gasteiger partial charge in [0.2, 0.25) is 5.16 Å². The molecule has 0 spiro atoms. The Morgan fingerprint density at radius 2 is 2.00 bits per heavy atom. The Morgan fingerprint density at radius 3 is 2.70 bits per heavy atom. The molecule has 0 amide bonds. The van der Waals surface area contributed by atoms with Crippen molar-refractivity contribution in [1.29, 1.82) is 0 Å². The molecule has 120 valence electrons. The van der Waals surface area contributed by atoms with Crippen molar-refractivity contribution in [3.63, 3.8) is 0 Å². The van der Waals surface area contributed by atoms with Gasteiger partial charge in [-0.1, -0.05) is 37.2 Å². The predicted molar refractivity (Wildman–Crippen MR) is 90.5 cm³/mol. The van der Waals surface area contributed by atoms with Crippen molar-refractivity contribution in [2.24, 2.45) is 7.05 Å². The summed E-state index contributed by atoms with van der Waals surface area (Å²) in [5, 5.41) is 12.8. The minimum atomic E-state index is 0.735. The van der Waals surface area contributed by atoms with Gasteiger partial charge < -0.3 is 4.57 Å². The highest BCUT2D eigenvalue weighted by atomic mass is 32.2. The number of imidazole rings is 1. The third kappa shape index (κ3) is 3.79. The lowest BCUT2D eigenvalue weighted by Crippen LogP contribution is -2.01. The minimum absolute atomic E-state index is 0.735. The molecule has 0 aliphatic rings. The number of thioether (sulfide) groups is 1. The lowest BCUT2D eigenvalue weighted by atomic mass is 10.1. The lowest BCUT2D eigenvalue weighted by Gasteiger charge is -2.06. The molecular formula is C16H20N6S. The van der Waals surface area contributed by atoms with E-state index in [4.69, 9.17) is 0 Å². The molecule has 0 atom stereocenters. The lowest BCUT2D eigenvalue weighted by molar-refractivity contribution is 0.753. The van der Waals surface area contributed by atoms with Gasteiger partial charge in [0.15, 0.2) is 0 Å². The second-order valence-electron chi connectivity index (χ2n) is 5.39. The summed E-state index contributed by atoms with van der Waals surface area (Å²) in [7, 11) is 1.99. The van der Waals surface area contributed by atoms with Crippen LogP contribution in [0.1, 0.15) is 31.2 Å². The quantitative estimate of drug-likeness (QED) is 0.624. The van der Waals surface area contributed by atoms with Gasteiger partial charge in [-0.2, -0.15) is 4.68 Å². The van der Waals surface area contributed by atoms with Crippen molar-refractivity contribution in [3.8, 4) is 5.69 Å². The zero-order valence-electron chi connectivity index (χ0n) is 13.4. The molecule has 1 aromatic carbocycles. The normalized spacial score (nSPS) is 11.0. The highest BCUT2D eigenvalue weighted by Crippen LogP contribution is 2.22. The number of tetrazole rings is 1. The van der Waals surface area contributed by atoms with Crippen LogP contribution in [0.4, 0.5) is 0 Å². The van der Waals surface area contributed by atoms with Gasteiger partial charge in [-0.15, -0.1) is 5.10 Å². The molecule has 0 radical (unpaired) electrons. The van der Waals surface area contributed by atoms with Crippen LogP contribution in [0.5, 0.6) is 0 Å². The fourth-order valence-electron chi connectivity index (χ4n) is 2.28. The summed E-state index contributed by atoms with van der Waals surface area (Å²) < 4.78 is 3.78. The maximum atomic E-state index is 4.32. The number of nitrogens with zero attached hydrogens (tertiary/aromatic N) is 6. The summed E-state index contributed by atoms with van der Waals surface area (Å²) in [6.07, 6.45) is 7.28. The zero-order chi connectivity index (χ0) is 16.1. The monoisotopic (exact) mass is 328 g/mol. The van der Waals surface area contributed by atoms with Crippen LogP contribution in [-0.4, -0.2) is 29.8 Å². The summed E-state index contributed by atoms with van der Waals surface area (Å²) >= 11 is 1.58. The third-order valence-electron chi connectivity index (χ3n) is 3.69. The number of aryl methyl sites for hydroxylation is 2. The molecule has 0 aliphatic heterocycles. The standard InChI is InChI=1S/C16H20N6S/c1-3-4-5-13-6-8-14(9-7-13)22-16(18-19-20-22)23-12-15-17-10-11-21(15)2/h6-11H,3-5,12H2,1-2H3. The molecule has 2 aromatic heterocycles. The van der Waals surface area contributed by atoms with E-state index in [9.17, 15) is 0 Å². The summed E-state index contributed by atoms with van der Waals surface area (Å²) in [6, 6.07) is 8.46. The van der Waals surface area contributed by atoms with E-state index >= 15 is 0 Å². The van der Waals surface area contributed by atoms with Crippen molar-refractivity contribution >= 4 is 11.8 Å². The van der Waals surface area contributed by atoms with Crippen LogP contribution in [-0.2, 0) is 19.2 Å². The SMILES string of the molecule is CCCCc1ccc(-n2nnnc2SCc2nccn2C)cc1. The second-order valence-corrected chi connectivity index (χ2v) is 6.33. The Hall–Kier alpha value is -2.15. The van der Waals surface area contributed by atoms with Gasteiger partial charge >= 0.3 is 0 Å². The molecule has 0 bridgehead atoms. The molecule has 0 fully saturated rings. The molecule has 0 saturated carbocycles. The number of aromatic nitrogens is 6. The van der Waals surface area contributed by atoms with Gasteiger partial charge in [0.1, 0.15) is 5.82 Å². The van der Waals surface area contributed by atoms with Gasteiger partial charge in [-0.3, -0.25) is 0 Å². The van der Waals surface area contributed by atoms with E-state index in [1.807, 2.05) is 17.8 Å². The van der Waals surface area contributed by atoms with Crippen LogP contribution >= 0.6 is 11.8 Å². The van der Waals surface area contributed by atoms with Crippen LogP contribution in [0.15, 0.2) is 41.8 Å². The first-order valence-electron chi connectivity index (χ1n) is 7.74. The van der Waals surface area contributed by atoms with Crippen molar-refractivity contribution in [3.05, 3.63) is 48.0 Å². The summed E-state index contributed by atoms with van der Waals surface area (Å²) in [6.45, 7) is 2.21. The average molecular weight is 328 g/mol. The molecule has 0 aliphatic carbocycles. The van der Waals surface area contributed by atoms with Crippen LogP contribution < -0.4 is 0 Å². The molecule has 3 rings (SSSR count). The van der Waals surface area contributed by atoms with E-state index in [0.717, 1.165) is 28.8 Å². The topological polar surface area (TPSA) is 61.4 Å². The first kappa shape index (κ1) is 15.7. The number of hydrogen-bond acceptors (Lipinski definition) is 5. The van der Waals surface area contributed by atoms with Crippen molar-refractivity contribution < 1.29 is 0 Å². The number of benzene rings is 1. The Balaban J connectivity index is 1.71. The Labute approximate surface area is 139 Å². The van der Waals surface area contributed by atoms with Crippen molar-refractivity contribution in [2.45, 2.75) is 37.1 Å².